The zero-order chi connectivity index (χ0) is 15.2. The maximum Gasteiger partial charge on any atom is 0.302 e. The zero-order valence-electron chi connectivity index (χ0n) is 11.4. The first-order valence-electron chi connectivity index (χ1n) is 6.22. The molecule has 106 valence electrons. The fourth-order valence-electron chi connectivity index (χ4n) is 1.65. The lowest BCUT2D eigenvalue weighted by molar-refractivity contribution is -0.142. The summed E-state index contributed by atoms with van der Waals surface area (Å²) in [5.41, 5.74) is 1.000. The number of phenolic OH excluding ortho intramolecular Hbond substituents is 1. The molecule has 2 aromatic rings. The molecule has 0 heterocycles. The van der Waals surface area contributed by atoms with Crippen molar-refractivity contribution in [2.24, 2.45) is 0 Å². The van der Waals surface area contributed by atoms with Gasteiger partial charge in [-0.2, -0.15) is 5.26 Å². The van der Waals surface area contributed by atoms with Crippen molar-refractivity contribution in [2.45, 2.75) is 13.5 Å². The third-order valence-corrected chi connectivity index (χ3v) is 2.70. The fraction of sp³-hybridized carbons (Fsp3) is 0.125. The van der Waals surface area contributed by atoms with E-state index < -0.39 is 5.97 Å². The number of aromatic hydroxyl groups is 1. The molecule has 0 aliphatic carbocycles. The van der Waals surface area contributed by atoms with Crippen molar-refractivity contribution >= 4 is 5.97 Å². The van der Waals surface area contributed by atoms with Crippen molar-refractivity contribution in [3.63, 3.8) is 0 Å². The average Bonchev–Trinajstić information content (AvgIpc) is 2.48. The lowest BCUT2D eigenvalue weighted by atomic mass is 10.2. The Morgan fingerprint density at radius 1 is 1.19 bits per heavy atom. The minimum atomic E-state index is -0.423. The Morgan fingerprint density at radius 3 is 2.48 bits per heavy atom. The van der Waals surface area contributed by atoms with Crippen LogP contribution in [-0.4, -0.2) is 11.1 Å². The van der Waals surface area contributed by atoms with E-state index >= 15 is 0 Å². The van der Waals surface area contributed by atoms with Crippen LogP contribution in [0.3, 0.4) is 0 Å². The number of benzene rings is 2. The number of nitriles is 1. The van der Waals surface area contributed by atoms with Crippen LogP contribution in [0.4, 0.5) is 0 Å². The SMILES string of the molecule is CC(=O)OCc1cc(Oc2ccc(C#N)cc2)ccc1O. The second kappa shape index (κ2) is 6.44. The lowest BCUT2D eigenvalue weighted by Gasteiger charge is -2.09. The number of carbonyl (C=O) groups is 1. The number of rotatable bonds is 4. The van der Waals surface area contributed by atoms with E-state index in [0.717, 1.165) is 0 Å². The molecule has 2 aromatic carbocycles. The maximum absolute atomic E-state index is 10.8. The molecule has 0 saturated carbocycles. The molecule has 0 radical (unpaired) electrons. The number of esters is 1. The predicted octanol–water partition coefficient (Wildman–Crippen LogP) is 3.12. The second-order valence-electron chi connectivity index (χ2n) is 4.31. The number of nitrogens with zero attached hydrogens (tertiary/aromatic N) is 1. The summed E-state index contributed by atoms with van der Waals surface area (Å²) in [5.74, 6) is 0.675. The van der Waals surface area contributed by atoms with Gasteiger partial charge in [-0.05, 0) is 42.5 Å². The van der Waals surface area contributed by atoms with Gasteiger partial charge in [-0.3, -0.25) is 4.79 Å². The van der Waals surface area contributed by atoms with Crippen LogP contribution >= 0.6 is 0 Å². The van der Waals surface area contributed by atoms with Gasteiger partial charge in [0.25, 0.3) is 0 Å². The molecule has 5 heteroatoms. The summed E-state index contributed by atoms with van der Waals surface area (Å²) >= 11 is 0. The first-order valence-corrected chi connectivity index (χ1v) is 6.22. The molecule has 0 atom stereocenters. The molecule has 2 rings (SSSR count). The van der Waals surface area contributed by atoms with Gasteiger partial charge in [-0.1, -0.05) is 0 Å². The van der Waals surface area contributed by atoms with Crippen molar-refractivity contribution in [1.29, 1.82) is 5.26 Å². The van der Waals surface area contributed by atoms with Gasteiger partial charge in [0.05, 0.1) is 11.6 Å². The van der Waals surface area contributed by atoms with Crippen LogP contribution in [0.5, 0.6) is 17.2 Å². The minimum Gasteiger partial charge on any atom is -0.508 e. The Morgan fingerprint density at radius 2 is 1.86 bits per heavy atom. The highest BCUT2D eigenvalue weighted by Gasteiger charge is 2.06. The monoisotopic (exact) mass is 283 g/mol. The highest BCUT2D eigenvalue weighted by molar-refractivity contribution is 5.66. The van der Waals surface area contributed by atoms with E-state index in [0.29, 0.717) is 22.6 Å². The third kappa shape index (κ3) is 3.98. The molecule has 5 nitrogen and oxygen atoms in total. The normalized spacial score (nSPS) is 9.71. The summed E-state index contributed by atoms with van der Waals surface area (Å²) in [5, 5.41) is 18.4. The smallest absolute Gasteiger partial charge is 0.302 e. The highest BCUT2D eigenvalue weighted by Crippen LogP contribution is 2.27. The Bertz CT molecular complexity index is 686. The summed E-state index contributed by atoms with van der Waals surface area (Å²) in [6.07, 6.45) is 0. The number of hydrogen-bond acceptors (Lipinski definition) is 5. The van der Waals surface area contributed by atoms with E-state index in [-0.39, 0.29) is 12.4 Å². The topological polar surface area (TPSA) is 79.5 Å². The van der Waals surface area contributed by atoms with Crippen LogP contribution in [0.1, 0.15) is 18.1 Å². The maximum atomic E-state index is 10.8. The molecule has 0 bridgehead atoms. The summed E-state index contributed by atoms with van der Waals surface area (Å²) in [4.78, 5) is 10.8. The van der Waals surface area contributed by atoms with Crippen LogP contribution in [0.15, 0.2) is 42.5 Å². The first-order chi connectivity index (χ1) is 10.1. The van der Waals surface area contributed by atoms with Crippen LogP contribution < -0.4 is 4.74 Å². The molecule has 0 amide bonds. The Kier molecular flexibility index (Phi) is 4.42. The standard InChI is InChI=1S/C16H13NO4/c1-11(18)20-10-13-8-15(6-7-16(13)19)21-14-4-2-12(9-17)3-5-14/h2-8,19H,10H2,1H3. The van der Waals surface area contributed by atoms with E-state index in [1.807, 2.05) is 6.07 Å². The van der Waals surface area contributed by atoms with Crippen molar-refractivity contribution in [3.05, 3.63) is 53.6 Å². The van der Waals surface area contributed by atoms with Crippen LogP contribution in [0, 0.1) is 11.3 Å². The molecule has 0 unspecified atom stereocenters. The van der Waals surface area contributed by atoms with Gasteiger partial charge in [0, 0.05) is 12.5 Å². The highest BCUT2D eigenvalue weighted by atomic mass is 16.5. The van der Waals surface area contributed by atoms with Crippen molar-refractivity contribution in [1.82, 2.24) is 0 Å². The Hall–Kier alpha value is -3.00. The van der Waals surface area contributed by atoms with Gasteiger partial charge < -0.3 is 14.6 Å². The summed E-state index contributed by atoms with van der Waals surface area (Å²) in [7, 11) is 0. The van der Waals surface area contributed by atoms with Gasteiger partial charge in [0.1, 0.15) is 23.9 Å². The van der Waals surface area contributed by atoms with Crippen molar-refractivity contribution in [2.75, 3.05) is 0 Å². The van der Waals surface area contributed by atoms with Gasteiger partial charge in [0.2, 0.25) is 0 Å². The van der Waals surface area contributed by atoms with Gasteiger partial charge in [0.15, 0.2) is 0 Å². The summed E-state index contributed by atoms with van der Waals surface area (Å²) in [6, 6.07) is 13.3. The van der Waals surface area contributed by atoms with E-state index in [9.17, 15) is 9.90 Å². The molecular weight excluding hydrogens is 270 g/mol. The van der Waals surface area contributed by atoms with E-state index in [2.05, 4.69) is 0 Å². The average molecular weight is 283 g/mol. The largest absolute Gasteiger partial charge is 0.508 e. The van der Waals surface area contributed by atoms with E-state index in [1.165, 1.54) is 13.0 Å². The van der Waals surface area contributed by atoms with Gasteiger partial charge >= 0.3 is 5.97 Å². The van der Waals surface area contributed by atoms with Crippen molar-refractivity contribution in [3.8, 4) is 23.3 Å². The van der Waals surface area contributed by atoms with E-state index in [4.69, 9.17) is 14.7 Å². The molecule has 0 spiro atoms. The quantitative estimate of drug-likeness (QED) is 0.872. The van der Waals surface area contributed by atoms with Crippen LogP contribution in [0.25, 0.3) is 0 Å². The summed E-state index contributed by atoms with van der Waals surface area (Å²) in [6.45, 7) is 1.28. The van der Waals surface area contributed by atoms with Crippen LogP contribution in [-0.2, 0) is 16.1 Å². The predicted molar refractivity (Wildman–Crippen MR) is 74.8 cm³/mol. The minimum absolute atomic E-state index is 0.0221. The molecule has 21 heavy (non-hydrogen) atoms. The van der Waals surface area contributed by atoms with Crippen LogP contribution in [0.2, 0.25) is 0 Å². The number of ether oxygens (including phenoxy) is 2. The second-order valence-corrected chi connectivity index (χ2v) is 4.31. The molecule has 1 N–H and O–H groups in total. The van der Waals surface area contributed by atoms with Gasteiger partial charge in [-0.25, -0.2) is 0 Å². The Balaban J connectivity index is 2.14. The molecule has 0 aliphatic rings. The van der Waals surface area contributed by atoms with Crippen molar-refractivity contribution < 1.29 is 19.4 Å². The number of carbonyl (C=O) groups excluding carboxylic acids is 1. The molecule has 0 fully saturated rings. The first kappa shape index (κ1) is 14.4. The number of hydrogen-bond donors (Lipinski definition) is 1. The summed E-state index contributed by atoms with van der Waals surface area (Å²) < 4.78 is 10.5. The molecule has 0 saturated heterocycles. The van der Waals surface area contributed by atoms with Gasteiger partial charge in [-0.15, -0.1) is 0 Å². The molecule has 0 aliphatic heterocycles. The third-order valence-electron chi connectivity index (χ3n) is 2.70. The molecular formula is C16H13NO4. The fourth-order valence-corrected chi connectivity index (χ4v) is 1.65. The Labute approximate surface area is 122 Å². The number of phenols is 1. The zero-order valence-corrected chi connectivity index (χ0v) is 11.4. The lowest BCUT2D eigenvalue weighted by Crippen LogP contribution is -1.99. The molecule has 0 aromatic heterocycles. The van der Waals surface area contributed by atoms with E-state index in [1.54, 1.807) is 36.4 Å².